The van der Waals surface area contributed by atoms with Crippen LogP contribution in [0.3, 0.4) is 0 Å². The minimum absolute atomic E-state index is 0.00721. The van der Waals surface area contributed by atoms with Crippen molar-refractivity contribution in [2.24, 2.45) is 0 Å². The fourth-order valence-corrected chi connectivity index (χ4v) is 2.93. The second-order valence-corrected chi connectivity index (χ2v) is 6.45. The topological polar surface area (TPSA) is 128 Å². The lowest BCUT2D eigenvalue weighted by Gasteiger charge is -2.13. The maximum Gasteiger partial charge on any atom is 0.339 e. The average molecular weight is 389 g/mol. The lowest BCUT2D eigenvalue weighted by atomic mass is 9.97. The molecule has 150 valence electrons. The molecule has 1 aliphatic rings. The van der Waals surface area contributed by atoms with Crippen LogP contribution in [0.1, 0.15) is 48.0 Å². The summed E-state index contributed by atoms with van der Waals surface area (Å²) in [5, 5.41) is 15.6. The predicted octanol–water partition coefficient (Wildman–Crippen LogP) is 2.78. The fourth-order valence-electron chi connectivity index (χ4n) is 2.93. The molecule has 3 amide bonds. The van der Waals surface area contributed by atoms with Gasteiger partial charge in [0.2, 0.25) is 0 Å². The zero-order chi connectivity index (χ0) is 20.5. The zero-order valence-corrected chi connectivity index (χ0v) is 15.7. The van der Waals surface area contributed by atoms with Gasteiger partial charge in [0, 0.05) is 18.2 Å². The van der Waals surface area contributed by atoms with Gasteiger partial charge in [-0.25, -0.2) is 9.59 Å². The number of nitro groups is 1. The van der Waals surface area contributed by atoms with E-state index in [1.165, 1.54) is 37.1 Å². The Hall–Kier alpha value is -3.23. The summed E-state index contributed by atoms with van der Waals surface area (Å²) in [5.41, 5.74) is 1.23. The van der Waals surface area contributed by atoms with Crippen LogP contribution < -0.4 is 10.6 Å². The Kier molecular flexibility index (Phi) is 7.67. The van der Waals surface area contributed by atoms with Crippen LogP contribution in [0.2, 0.25) is 0 Å². The number of nitro benzene ring substituents is 1. The molecule has 0 bridgehead atoms. The normalized spacial score (nSPS) is 13.2. The van der Waals surface area contributed by atoms with Crippen LogP contribution in [0.4, 0.5) is 10.5 Å². The molecular formula is C19H23N3O6. The molecule has 0 aromatic heterocycles. The summed E-state index contributed by atoms with van der Waals surface area (Å²) in [7, 11) is 0. The number of nitrogens with one attached hydrogen (secondary N) is 2. The number of rotatable bonds is 7. The summed E-state index contributed by atoms with van der Waals surface area (Å²) in [6.45, 7) is 1.17. The van der Waals surface area contributed by atoms with E-state index in [1.54, 1.807) is 0 Å². The summed E-state index contributed by atoms with van der Waals surface area (Å²) >= 11 is 0. The number of imide groups is 1. The minimum atomic E-state index is -0.874. The van der Waals surface area contributed by atoms with E-state index in [-0.39, 0.29) is 16.8 Å². The molecule has 9 heteroatoms. The quantitative estimate of drug-likeness (QED) is 0.319. The van der Waals surface area contributed by atoms with Gasteiger partial charge in [0.1, 0.15) is 0 Å². The van der Waals surface area contributed by atoms with Crippen LogP contribution in [-0.4, -0.2) is 36.0 Å². The number of carbonyl (C=O) groups excluding carboxylic acids is 3. The summed E-state index contributed by atoms with van der Waals surface area (Å²) in [6, 6.07) is 3.34. The minimum Gasteiger partial charge on any atom is -0.452 e. The Labute approximate surface area is 162 Å². The maximum absolute atomic E-state index is 12.0. The first-order chi connectivity index (χ1) is 13.4. The number of carbonyl (C=O) groups is 3. The Balaban J connectivity index is 1.75. The van der Waals surface area contributed by atoms with E-state index >= 15 is 0 Å². The molecule has 0 atom stereocenters. The Morgan fingerprint density at radius 1 is 1.25 bits per heavy atom. The molecular weight excluding hydrogens is 366 g/mol. The van der Waals surface area contributed by atoms with Gasteiger partial charge in [0.25, 0.3) is 11.6 Å². The van der Waals surface area contributed by atoms with Crippen molar-refractivity contribution in [3.05, 3.63) is 51.1 Å². The number of hydrogen-bond acceptors (Lipinski definition) is 6. The van der Waals surface area contributed by atoms with Crippen LogP contribution >= 0.6 is 0 Å². The first kappa shape index (κ1) is 21.1. The van der Waals surface area contributed by atoms with Gasteiger partial charge >= 0.3 is 12.0 Å². The third-order valence-corrected chi connectivity index (χ3v) is 4.43. The molecule has 1 aromatic rings. The van der Waals surface area contributed by atoms with Crippen molar-refractivity contribution in [1.29, 1.82) is 0 Å². The molecule has 9 nitrogen and oxygen atoms in total. The standard InChI is InChI=1S/C19H23N3O6/c1-13-15(8-5-9-16(13)22(26)27)18(24)28-12-17(23)21-19(25)20-11-10-14-6-3-2-4-7-14/h5-6,8-9H,2-4,7,10-12H2,1H3,(H2,20,21,23,25). The van der Waals surface area contributed by atoms with Gasteiger partial charge in [-0.2, -0.15) is 0 Å². The lowest BCUT2D eigenvalue weighted by molar-refractivity contribution is -0.385. The highest BCUT2D eigenvalue weighted by Gasteiger charge is 2.20. The van der Waals surface area contributed by atoms with E-state index in [9.17, 15) is 24.5 Å². The van der Waals surface area contributed by atoms with Gasteiger partial charge < -0.3 is 10.1 Å². The first-order valence-electron chi connectivity index (χ1n) is 9.05. The van der Waals surface area contributed by atoms with Crippen molar-refractivity contribution in [2.45, 2.75) is 39.0 Å². The number of urea groups is 1. The molecule has 0 fully saturated rings. The van der Waals surface area contributed by atoms with Gasteiger partial charge in [-0.3, -0.25) is 20.2 Å². The zero-order valence-electron chi connectivity index (χ0n) is 15.7. The van der Waals surface area contributed by atoms with Crippen molar-refractivity contribution in [3.8, 4) is 0 Å². The van der Waals surface area contributed by atoms with Crippen molar-refractivity contribution in [2.75, 3.05) is 13.2 Å². The van der Waals surface area contributed by atoms with Gasteiger partial charge in [-0.1, -0.05) is 17.7 Å². The molecule has 0 unspecified atom stereocenters. The smallest absolute Gasteiger partial charge is 0.339 e. The maximum atomic E-state index is 12.0. The van der Waals surface area contributed by atoms with Crippen LogP contribution in [0.25, 0.3) is 0 Å². The fraction of sp³-hybridized carbons (Fsp3) is 0.421. The van der Waals surface area contributed by atoms with Crippen molar-refractivity contribution >= 4 is 23.6 Å². The van der Waals surface area contributed by atoms with Gasteiger partial charge in [0.05, 0.1) is 10.5 Å². The SMILES string of the molecule is Cc1c(C(=O)OCC(=O)NC(=O)NCCC2=CCCCC2)cccc1[N+](=O)[O-]. The predicted molar refractivity (Wildman–Crippen MR) is 101 cm³/mol. The van der Waals surface area contributed by atoms with Crippen molar-refractivity contribution in [1.82, 2.24) is 10.6 Å². The Morgan fingerprint density at radius 3 is 2.71 bits per heavy atom. The number of amides is 3. The van der Waals surface area contributed by atoms with Crippen molar-refractivity contribution < 1.29 is 24.0 Å². The lowest BCUT2D eigenvalue weighted by Crippen LogP contribution is -2.41. The molecule has 1 aliphatic carbocycles. The van der Waals surface area contributed by atoms with E-state index < -0.39 is 29.4 Å². The molecule has 0 aliphatic heterocycles. The number of nitrogens with zero attached hydrogens (tertiary/aromatic N) is 1. The molecule has 0 radical (unpaired) electrons. The highest BCUT2D eigenvalue weighted by molar-refractivity contribution is 5.97. The van der Waals surface area contributed by atoms with E-state index in [0.29, 0.717) is 6.54 Å². The highest BCUT2D eigenvalue weighted by atomic mass is 16.6. The molecule has 1 aromatic carbocycles. The summed E-state index contributed by atoms with van der Waals surface area (Å²) in [5.74, 6) is -1.66. The molecule has 2 rings (SSSR count). The average Bonchev–Trinajstić information content (AvgIpc) is 2.67. The van der Waals surface area contributed by atoms with Gasteiger partial charge in [0.15, 0.2) is 6.61 Å². The van der Waals surface area contributed by atoms with Gasteiger partial charge in [-0.15, -0.1) is 0 Å². The number of allylic oxidation sites excluding steroid dienone is 1. The van der Waals surface area contributed by atoms with Crippen LogP contribution in [0, 0.1) is 17.0 Å². The number of benzene rings is 1. The summed E-state index contributed by atoms with van der Waals surface area (Å²) in [6.07, 6.45) is 7.38. The van der Waals surface area contributed by atoms with E-state index in [0.717, 1.165) is 25.7 Å². The van der Waals surface area contributed by atoms with E-state index in [2.05, 4.69) is 16.7 Å². The third-order valence-electron chi connectivity index (χ3n) is 4.43. The van der Waals surface area contributed by atoms with E-state index in [1.807, 2.05) is 0 Å². The second-order valence-electron chi connectivity index (χ2n) is 6.45. The molecule has 28 heavy (non-hydrogen) atoms. The molecule has 0 spiro atoms. The Morgan fingerprint density at radius 2 is 2.04 bits per heavy atom. The number of ether oxygens (including phenoxy) is 1. The number of esters is 1. The first-order valence-corrected chi connectivity index (χ1v) is 9.05. The van der Waals surface area contributed by atoms with Crippen LogP contribution in [0.15, 0.2) is 29.8 Å². The monoisotopic (exact) mass is 389 g/mol. The second kappa shape index (κ2) is 10.2. The van der Waals surface area contributed by atoms with E-state index in [4.69, 9.17) is 4.74 Å². The molecule has 0 saturated heterocycles. The molecule has 2 N–H and O–H groups in total. The Bertz CT molecular complexity index is 803. The largest absolute Gasteiger partial charge is 0.452 e. The molecule has 0 heterocycles. The van der Waals surface area contributed by atoms with Crippen LogP contribution in [-0.2, 0) is 9.53 Å². The highest BCUT2D eigenvalue weighted by Crippen LogP contribution is 2.21. The van der Waals surface area contributed by atoms with Crippen molar-refractivity contribution in [3.63, 3.8) is 0 Å². The summed E-state index contributed by atoms with van der Waals surface area (Å²) < 4.78 is 4.84. The molecule has 0 saturated carbocycles. The van der Waals surface area contributed by atoms with Gasteiger partial charge in [-0.05, 0) is 45.1 Å². The third kappa shape index (κ3) is 6.19. The number of hydrogen-bond donors (Lipinski definition) is 2. The summed E-state index contributed by atoms with van der Waals surface area (Å²) in [4.78, 5) is 45.8. The van der Waals surface area contributed by atoms with Crippen LogP contribution in [0.5, 0.6) is 0 Å².